The summed E-state index contributed by atoms with van der Waals surface area (Å²) in [5.74, 6) is 0.904. The number of hydrogen-bond acceptors (Lipinski definition) is 0. The van der Waals surface area contributed by atoms with E-state index in [4.69, 9.17) is 0 Å². The zero-order valence-corrected chi connectivity index (χ0v) is 11.1. The van der Waals surface area contributed by atoms with Gasteiger partial charge in [-0.25, -0.2) is 0 Å². The van der Waals surface area contributed by atoms with Gasteiger partial charge in [0.2, 0.25) is 0 Å². The lowest BCUT2D eigenvalue weighted by Crippen LogP contribution is -1.86. The number of hydrogen-bond donors (Lipinski definition) is 0. The highest BCUT2D eigenvalue weighted by Crippen LogP contribution is 2.08. The van der Waals surface area contributed by atoms with E-state index >= 15 is 0 Å². The molecule has 0 atom stereocenters. The molecule has 0 nitrogen and oxygen atoms in total. The molecule has 100 valence electrons. The lowest BCUT2D eigenvalue weighted by Gasteiger charge is -2.01. The lowest BCUT2D eigenvalue weighted by atomic mass is 10.1. The molecule has 0 aromatic carbocycles. The Hall–Kier alpha value is 0. The molecule has 0 aliphatic rings. The summed E-state index contributed by atoms with van der Waals surface area (Å²) in [6.07, 6.45) is 7.07. The largest absolute Gasteiger partial charge is 0.0776 e. The summed E-state index contributed by atoms with van der Waals surface area (Å²) in [4.78, 5) is 0. The van der Waals surface area contributed by atoms with Crippen molar-refractivity contribution in [2.24, 2.45) is 5.92 Å². The first-order chi connectivity index (χ1) is 6.27. The molecule has 0 saturated carbocycles. The van der Waals surface area contributed by atoms with Crippen molar-refractivity contribution in [3.05, 3.63) is 0 Å². The van der Waals surface area contributed by atoms with Gasteiger partial charge in [-0.2, -0.15) is 0 Å². The second kappa shape index (κ2) is 37.0. The third-order valence-corrected chi connectivity index (χ3v) is 1.64. The molecule has 0 N–H and O–H groups in total. The fraction of sp³-hybridized carbons (Fsp3) is 1.00. The van der Waals surface area contributed by atoms with Crippen LogP contribution in [0.2, 0.25) is 0 Å². The van der Waals surface area contributed by atoms with Crippen molar-refractivity contribution in [3.63, 3.8) is 0 Å². The van der Waals surface area contributed by atoms with E-state index in [0.717, 1.165) is 5.92 Å². The number of unbranched alkanes of at least 4 members (excludes halogenated alkanes) is 3. The van der Waals surface area contributed by atoms with Gasteiger partial charge in [-0.05, 0) is 5.92 Å². The van der Waals surface area contributed by atoms with Crippen LogP contribution in [-0.4, -0.2) is 0 Å². The monoisotopic (exact) mass is 220 g/mol. The fourth-order valence-electron chi connectivity index (χ4n) is 0.979. The van der Waals surface area contributed by atoms with E-state index < -0.39 is 0 Å². The molecule has 0 rings (SSSR count). The van der Waals surface area contributed by atoms with Crippen LogP contribution in [-0.2, 0) is 0 Å². The van der Waals surface area contributed by atoms with Crippen molar-refractivity contribution in [1.29, 1.82) is 0 Å². The van der Waals surface area contributed by atoms with E-state index in [0.29, 0.717) is 0 Å². The van der Waals surface area contributed by atoms with Gasteiger partial charge in [0.15, 0.2) is 0 Å². The average Bonchev–Trinajstić information content (AvgIpc) is 2.19. The van der Waals surface area contributed by atoms with Crippen molar-refractivity contribution in [1.82, 2.24) is 0 Å². The minimum Gasteiger partial charge on any atom is -0.0776 e. The Morgan fingerprint density at radius 2 is 1.13 bits per heavy atom. The molecule has 0 unspecified atom stereocenters. The Bertz CT molecular complexity index is 46.0. The van der Waals surface area contributed by atoms with Gasteiger partial charge in [0.1, 0.15) is 0 Å². The maximum Gasteiger partial charge on any atom is -0.0471 e. The van der Waals surface area contributed by atoms with E-state index in [-0.39, 0.29) is 14.9 Å². The van der Waals surface area contributed by atoms with E-state index in [2.05, 4.69) is 20.8 Å². The predicted octanol–water partition coefficient (Wildman–Crippen LogP) is 6.94. The van der Waals surface area contributed by atoms with Gasteiger partial charge in [-0.3, -0.25) is 0 Å². The molecule has 0 heteroatoms. The van der Waals surface area contributed by atoms with Crippen LogP contribution < -0.4 is 0 Å². The molecule has 0 fully saturated rings. The summed E-state index contributed by atoms with van der Waals surface area (Å²) in [6, 6.07) is 0. The molecule has 0 radical (unpaired) electrons. The van der Waals surface area contributed by atoms with Crippen LogP contribution >= 0.6 is 0 Å². The summed E-state index contributed by atoms with van der Waals surface area (Å²) < 4.78 is 0. The van der Waals surface area contributed by atoms with Crippen LogP contribution in [0.25, 0.3) is 0 Å². The Balaban J connectivity index is -0.0000000496. The second-order valence-electron chi connectivity index (χ2n) is 3.24. The van der Waals surface area contributed by atoms with Crippen LogP contribution in [0.1, 0.15) is 95.4 Å². The van der Waals surface area contributed by atoms with E-state index in [1.807, 2.05) is 27.7 Å². The topological polar surface area (TPSA) is 0 Å². The highest BCUT2D eigenvalue weighted by Gasteiger charge is 1.91. The Morgan fingerprint density at radius 1 is 0.733 bits per heavy atom. The van der Waals surface area contributed by atoms with E-state index in [1.165, 1.54) is 32.1 Å². The summed E-state index contributed by atoms with van der Waals surface area (Å²) >= 11 is 0. The van der Waals surface area contributed by atoms with Gasteiger partial charge in [-0.1, -0.05) is 95.4 Å². The summed E-state index contributed by atoms with van der Waals surface area (Å²) in [5, 5.41) is 0. The molecule has 0 amide bonds. The quantitative estimate of drug-likeness (QED) is 0.440. The standard InChI is InChI=1S/C9H20.2C2H6.2CH4/c1-4-5-6-7-8-9(2)3;2*1-2;;/h9H,4-8H2,1-3H3;2*1-2H3;2*1H4. The maximum absolute atomic E-state index is 2.30. The molecule has 0 heterocycles. The molecule has 0 aromatic heterocycles. The molecule has 15 heavy (non-hydrogen) atoms. The smallest absolute Gasteiger partial charge is 0.0471 e. The summed E-state index contributed by atoms with van der Waals surface area (Å²) in [5.41, 5.74) is 0. The van der Waals surface area contributed by atoms with Gasteiger partial charge in [0.05, 0.1) is 0 Å². The molecule has 0 aromatic rings. The van der Waals surface area contributed by atoms with Crippen molar-refractivity contribution >= 4 is 0 Å². The first-order valence-corrected chi connectivity index (χ1v) is 6.27. The Morgan fingerprint density at radius 3 is 1.40 bits per heavy atom. The van der Waals surface area contributed by atoms with Gasteiger partial charge in [0.25, 0.3) is 0 Å². The summed E-state index contributed by atoms with van der Waals surface area (Å²) in [7, 11) is 0. The van der Waals surface area contributed by atoms with Crippen LogP contribution in [0, 0.1) is 5.92 Å². The zero-order chi connectivity index (χ0) is 11.1. The fourth-order valence-corrected chi connectivity index (χ4v) is 0.979. The van der Waals surface area contributed by atoms with E-state index in [1.54, 1.807) is 0 Å². The molecule has 0 aliphatic heterocycles. The van der Waals surface area contributed by atoms with Gasteiger partial charge in [-0.15, -0.1) is 0 Å². The molecular formula is C15H40. The maximum atomic E-state index is 2.30. The van der Waals surface area contributed by atoms with Crippen molar-refractivity contribution < 1.29 is 0 Å². The highest BCUT2D eigenvalue weighted by molar-refractivity contribution is 4.45. The zero-order valence-electron chi connectivity index (χ0n) is 11.1. The minimum absolute atomic E-state index is 0. The van der Waals surface area contributed by atoms with Crippen molar-refractivity contribution in [2.45, 2.75) is 95.4 Å². The van der Waals surface area contributed by atoms with Crippen LogP contribution in [0.3, 0.4) is 0 Å². The molecule has 0 spiro atoms. The van der Waals surface area contributed by atoms with E-state index in [9.17, 15) is 0 Å². The predicted molar refractivity (Wildman–Crippen MR) is 79.8 cm³/mol. The summed E-state index contributed by atoms with van der Waals surface area (Å²) in [6.45, 7) is 14.9. The third kappa shape index (κ3) is 56.0. The SMILES string of the molecule is C.C.CC.CC.CCCCCCC(C)C. The van der Waals surface area contributed by atoms with Gasteiger partial charge in [0, 0.05) is 0 Å². The second-order valence-corrected chi connectivity index (χ2v) is 3.24. The first-order valence-electron chi connectivity index (χ1n) is 6.27. The average molecular weight is 220 g/mol. The normalized spacial score (nSPS) is 7.20. The highest BCUT2D eigenvalue weighted by atomic mass is 14.0. The lowest BCUT2D eigenvalue weighted by molar-refractivity contribution is 0.525. The minimum atomic E-state index is 0. The van der Waals surface area contributed by atoms with Crippen molar-refractivity contribution in [2.75, 3.05) is 0 Å². The first kappa shape index (κ1) is 29.4. The van der Waals surface area contributed by atoms with Crippen LogP contribution in [0.4, 0.5) is 0 Å². The molecule has 0 saturated heterocycles. The van der Waals surface area contributed by atoms with Crippen molar-refractivity contribution in [3.8, 4) is 0 Å². The molecule has 0 bridgehead atoms. The Kier molecular flexibility index (Phi) is 72.5. The van der Waals surface area contributed by atoms with Gasteiger partial charge < -0.3 is 0 Å². The number of rotatable bonds is 5. The van der Waals surface area contributed by atoms with Crippen LogP contribution in [0.15, 0.2) is 0 Å². The van der Waals surface area contributed by atoms with Crippen LogP contribution in [0.5, 0.6) is 0 Å². The molecular weight excluding hydrogens is 180 g/mol. The molecule has 0 aliphatic carbocycles. The van der Waals surface area contributed by atoms with Gasteiger partial charge >= 0.3 is 0 Å². The Labute approximate surface area is 102 Å². The third-order valence-electron chi connectivity index (χ3n) is 1.64.